The first kappa shape index (κ1) is 28.0. The molecule has 34 heavy (non-hydrogen) atoms. The Bertz CT molecular complexity index is 803. The number of ether oxygens (including phenoxy) is 2. The van der Waals surface area contributed by atoms with Crippen LogP contribution in [0.2, 0.25) is 0 Å². The topological polar surface area (TPSA) is 60.1 Å². The van der Waals surface area contributed by atoms with E-state index in [0.29, 0.717) is 43.5 Å². The molecule has 0 aromatic heterocycles. The molecule has 7 heteroatoms. The minimum atomic E-state index is -0.527. The molecule has 3 unspecified atom stereocenters. The van der Waals surface area contributed by atoms with Crippen molar-refractivity contribution in [2.45, 2.75) is 70.9 Å². The number of hydrogen-bond donors (Lipinski definition) is 1. The van der Waals surface area contributed by atoms with E-state index in [1.54, 1.807) is 6.08 Å². The highest BCUT2D eigenvalue weighted by Gasteiger charge is 2.36. The fourth-order valence-electron chi connectivity index (χ4n) is 4.27. The fourth-order valence-corrected chi connectivity index (χ4v) is 4.27. The van der Waals surface area contributed by atoms with Crippen molar-refractivity contribution in [1.29, 1.82) is 0 Å². The third kappa shape index (κ3) is 8.84. The summed E-state index contributed by atoms with van der Waals surface area (Å²) < 4.78 is 39.3. The predicted octanol–water partition coefficient (Wildman–Crippen LogP) is 6.12. The van der Waals surface area contributed by atoms with Crippen LogP contribution in [0.25, 0.3) is 0 Å². The lowest BCUT2D eigenvalue weighted by Crippen LogP contribution is -2.46. The molecule has 0 spiro atoms. The number of hydrogen-bond acceptors (Lipinski definition) is 4. The summed E-state index contributed by atoms with van der Waals surface area (Å²) in [6.07, 6.45) is 8.36. The molecule has 2 fully saturated rings. The lowest BCUT2D eigenvalue weighted by atomic mass is 9.98. The van der Waals surface area contributed by atoms with Gasteiger partial charge in [-0.05, 0) is 56.1 Å². The first-order chi connectivity index (χ1) is 16.2. The summed E-state index contributed by atoms with van der Waals surface area (Å²) in [6, 6.07) is 0.977. The number of morpholine rings is 1. The highest BCUT2D eigenvalue weighted by Crippen LogP contribution is 2.30. The quantitative estimate of drug-likeness (QED) is 0.142. The molecular formula is C27H41F2N3O2. The molecule has 0 amide bonds. The van der Waals surface area contributed by atoms with Crippen molar-refractivity contribution in [2.24, 2.45) is 16.6 Å². The van der Waals surface area contributed by atoms with Crippen LogP contribution in [-0.4, -0.2) is 49.4 Å². The van der Waals surface area contributed by atoms with Gasteiger partial charge in [0.15, 0.2) is 5.83 Å². The highest BCUT2D eigenvalue weighted by atomic mass is 19.1. The molecule has 2 N–H and O–H groups in total. The zero-order valence-corrected chi connectivity index (χ0v) is 20.8. The van der Waals surface area contributed by atoms with Gasteiger partial charge in [-0.1, -0.05) is 46.1 Å². The van der Waals surface area contributed by atoms with Gasteiger partial charge in [-0.15, -0.1) is 0 Å². The summed E-state index contributed by atoms with van der Waals surface area (Å²) in [6.45, 7) is 18.0. The maximum Gasteiger partial charge on any atom is 0.286 e. The molecule has 0 saturated carbocycles. The van der Waals surface area contributed by atoms with E-state index in [1.807, 2.05) is 13.8 Å². The molecule has 3 atom stereocenters. The van der Waals surface area contributed by atoms with Gasteiger partial charge in [0.2, 0.25) is 0 Å². The van der Waals surface area contributed by atoms with Crippen molar-refractivity contribution in [3.8, 4) is 0 Å². The van der Waals surface area contributed by atoms with Gasteiger partial charge in [0.1, 0.15) is 5.83 Å². The van der Waals surface area contributed by atoms with E-state index in [2.05, 4.69) is 29.6 Å². The lowest BCUT2D eigenvalue weighted by Gasteiger charge is -2.34. The first-order valence-corrected chi connectivity index (χ1v) is 12.3. The van der Waals surface area contributed by atoms with Gasteiger partial charge in [0.25, 0.3) is 6.02 Å². The van der Waals surface area contributed by atoms with Crippen LogP contribution in [0.4, 0.5) is 8.78 Å². The number of rotatable bonds is 14. The SMILES string of the molecule is C=C(F)/C=C\CCC(=C)C(=C)/C(F)=C(\CC(C)CC)N=C(N)OCCCN1C2CCC1COC2. The molecule has 0 aromatic carbocycles. The van der Waals surface area contributed by atoms with Crippen molar-refractivity contribution >= 4 is 6.02 Å². The Labute approximate surface area is 203 Å². The summed E-state index contributed by atoms with van der Waals surface area (Å²) in [5, 5.41) is 0. The molecule has 5 nitrogen and oxygen atoms in total. The summed E-state index contributed by atoms with van der Waals surface area (Å²) in [5.41, 5.74) is 6.94. The lowest BCUT2D eigenvalue weighted by molar-refractivity contribution is -0.0162. The summed E-state index contributed by atoms with van der Waals surface area (Å²) in [4.78, 5) is 6.78. The van der Waals surface area contributed by atoms with E-state index in [0.717, 1.165) is 32.6 Å². The van der Waals surface area contributed by atoms with Crippen LogP contribution < -0.4 is 5.73 Å². The van der Waals surface area contributed by atoms with Crippen LogP contribution in [0.1, 0.15) is 58.8 Å². The van der Waals surface area contributed by atoms with Crippen LogP contribution in [0.3, 0.4) is 0 Å². The van der Waals surface area contributed by atoms with Crippen molar-refractivity contribution < 1.29 is 18.3 Å². The Morgan fingerprint density at radius 2 is 1.91 bits per heavy atom. The molecule has 190 valence electrons. The molecule has 2 bridgehead atoms. The zero-order valence-electron chi connectivity index (χ0n) is 20.8. The van der Waals surface area contributed by atoms with Gasteiger partial charge >= 0.3 is 0 Å². The van der Waals surface area contributed by atoms with Gasteiger partial charge < -0.3 is 15.2 Å². The largest absolute Gasteiger partial charge is 0.465 e. The fraction of sp³-hybridized carbons (Fsp3) is 0.593. The molecule has 2 aliphatic rings. The Balaban J connectivity index is 1.94. The minimum absolute atomic E-state index is 0.0405. The molecule has 0 radical (unpaired) electrons. The normalized spacial score (nSPS) is 22.5. The van der Waals surface area contributed by atoms with E-state index in [-0.39, 0.29) is 23.2 Å². The van der Waals surface area contributed by atoms with Crippen LogP contribution in [0, 0.1) is 5.92 Å². The smallest absolute Gasteiger partial charge is 0.286 e. The summed E-state index contributed by atoms with van der Waals surface area (Å²) in [5.74, 6) is -0.831. The monoisotopic (exact) mass is 477 g/mol. The highest BCUT2D eigenvalue weighted by molar-refractivity contribution is 5.73. The van der Waals surface area contributed by atoms with Gasteiger partial charge in [0.05, 0.1) is 25.5 Å². The number of nitrogens with zero attached hydrogens (tertiary/aromatic N) is 2. The van der Waals surface area contributed by atoms with Crippen LogP contribution in [-0.2, 0) is 9.47 Å². The number of nitrogens with two attached hydrogens (primary N) is 1. The molecular weight excluding hydrogens is 436 g/mol. The van der Waals surface area contributed by atoms with Gasteiger partial charge in [-0.3, -0.25) is 4.90 Å². The van der Waals surface area contributed by atoms with Gasteiger partial charge in [-0.25, -0.2) is 8.78 Å². The zero-order chi connectivity index (χ0) is 25.1. The number of amidine groups is 1. The second kappa shape index (κ2) is 14.2. The Morgan fingerprint density at radius 3 is 2.53 bits per heavy atom. The Morgan fingerprint density at radius 1 is 1.24 bits per heavy atom. The van der Waals surface area contributed by atoms with E-state index in [1.165, 1.54) is 18.9 Å². The molecule has 2 aliphatic heterocycles. The average molecular weight is 478 g/mol. The van der Waals surface area contributed by atoms with E-state index >= 15 is 4.39 Å². The van der Waals surface area contributed by atoms with Crippen molar-refractivity contribution in [3.63, 3.8) is 0 Å². The third-order valence-corrected chi connectivity index (χ3v) is 6.54. The van der Waals surface area contributed by atoms with Crippen molar-refractivity contribution in [3.05, 3.63) is 60.4 Å². The van der Waals surface area contributed by atoms with E-state index < -0.39 is 11.7 Å². The average Bonchev–Trinajstić information content (AvgIpc) is 3.02. The van der Waals surface area contributed by atoms with Crippen LogP contribution in [0.15, 0.2) is 65.4 Å². The van der Waals surface area contributed by atoms with Crippen molar-refractivity contribution in [2.75, 3.05) is 26.4 Å². The predicted molar refractivity (Wildman–Crippen MR) is 136 cm³/mol. The Hall–Kier alpha value is -2.25. The Kier molecular flexibility index (Phi) is 11.7. The maximum atomic E-state index is 15.3. The molecule has 2 heterocycles. The molecule has 0 aliphatic carbocycles. The number of allylic oxidation sites excluding steroid dienone is 7. The minimum Gasteiger partial charge on any atom is -0.465 e. The number of aliphatic imine (C=N–C) groups is 1. The molecule has 0 aromatic rings. The van der Waals surface area contributed by atoms with Crippen molar-refractivity contribution in [1.82, 2.24) is 4.90 Å². The van der Waals surface area contributed by atoms with Crippen LogP contribution in [0.5, 0.6) is 0 Å². The molecule has 2 rings (SSSR count). The standard InChI is InChI=1S/C27H41F2N3O2/c1-6-19(2)16-25(26(29)22(5)20(3)10-7-8-11-21(4)28)31-27(30)34-15-9-14-32-23-12-13-24(32)18-33-17-23/h8,11,19,23-24H,3-7,9-10,12-18H2,1-2H3,(H2,30,31)/b11-8-,26-25-. The number of halogens is 2. The summed E-state index contributed by atoms with van der Waals surface area (Å²) in [7, 11) is 0. The first-order valence-electron chi connectivity index (χ1n) is 12.3. The van der Waals surface area contributed by atoms with E-state index in [9.17, 15) is 4.39 Å². The third-order valence-electron chi connectivity index (χ3n) is 6.54. The second-order valence-electron chi connectivity index (χ2n) is 9.26. The maximum absolute atomic E-state index is 15.3. The summed E-state index contributed by atoms with van der Waals surface area (Å²) >= 11 is 0. The van der Waals surface area contributed by atoms with Crippen LogP contribution >= 0.6 is 0 Å². The molecule has 2 saturated heterocycles. The number of fused-ring (bicyclic) bond motifs is 2. The second-order valence-corrected chi connectivity index (χ2v) is 9.26. The van der Waals surface area contributed by atoms with Gasteiger partial charge in [-0.2, -0.15) is 4.99 Å². The van der Waals surface area contributed by atoms with Gasteiger partial charge in [0, 0.05) is 24.2 Å². The van der Waals surface area contributed by atoms with E-state index in [4.69, 9.17) is 15.2 Å².